The number of methoxy groups -OCH3 is 1. The van der Waals surface area contributed by atoms with E-state index in [2.05, 4.69) is 5.32 Å². The number of hydrogen-bond acceptors (Lipinski definition) is 4. The van der Waals surface area contributed by atoms with Crippen molar-refractivity contribution in [2.75, 3.05) is 32.6 Å². The van der Waals surface area contributed by atoms with Crippen LogP contribution in [0.5, 0.6) is 5.75 Å². The van der Waals surface area contributed by atoms with Crippen molar-refractivity contribution < 1.29 is 14.6 Å². The van der Waals surface area contributed by atoms with Crippen LogP contribution < -0.4 is 10.1 Å². The van der Waals surface area contributed by atoms with Crippen molar-refractivity contribution in [3.05, 3.63) is 24.3 Å². The topological polar surface area (TPSA) is 61.8 Å². The molecule has 1 aliphatic carbocycles. The number of carbonyl (C=O) groups is 1. The summed E-state index contributed by atoms with van der Waals surface area (Å²) >= 11 is 0. The van der Waals surface area contributed by atoms with E-state index >= 15 is 0 Å². The van der Waals surface area contributed by atoms with Gasteiger partial charge in [-0.3, -0.25) is 9.69 Å². The van der Waals surface area contributed by atoms with E-state index in [4.69, 9.17) is 4.74 Å². The summed E-state index contributed by atoms with van der Waals surface area (Å²) in [6.07, 6.45) is 1.90. The van der Waals surface area contributed by atoms with Crippen molar-refractivity contribution in [3.8, 4) is 5.75 Å². The summed E-state index contributed by atoms with van der Waals surface area (Å²) in [5, 5.41) is 12.7. The van der Waals surface area contributed by atoms with Crippen molar-refractivity contribution in [1.82, 2.24) is 4.90 Å². The van der Waals surface area contributed by atoms with Crippen LogP contribution in [-0.4, -0.2) is 49.3 Å². The minimum atomic E-state index is -0.311. The number of amides is 1. The van der Waals surface area contributed by atoms with Crippen molar-refractivity contribution >= 4 is 11.6 Å². The molecule has 1 aliphatic rings. The molecule has 0 bridgehead atoms. The first kappa shape index (κ1) is 14.8. The molecule has 1 aromatic carbocycles. The fourth-order valence-corrected chi connectivity index (χ4v) is 2.13. The molecule has 0 heterocycles. The Kier molecular flexibility index (Phi) is 4.98. The molecule has 5 nitrogen and oxygen atoms in total. The third kappa shape index (κ3) is 4.51. The third-order valence-electron chi connectivity index (χ3n) is 3.45. The highest BCUT2D eigenvalue weighted by molar-refractivity contribution is 5.92. The summed E-state index contributed by atoms with van der Waals surface area (Å²) in [7, 11) is 3.45. The number of aliphatic hydroxyl groups excluding tert-OH is 1. The molecule has 110 valence electrons. The molecule has 0 aliphatic heterocycles. The average molecular weight is 278 g/mol. The predicted molar refractivity (Wildman–Crippen MR) is 77.9 cm³/mol. The average Bonchev–Trinajstić information content (AvgIpc) is 3.23. The third-order valence-corrected chi connectivity index (χ3v) is 3.45. The van der Waals surface area contributed by atoms with Crippen LogP contribution in [0.4, 0.5) is 5.69 Å². The second-order valence-electron chi connectivity index (χ2n) is 5.38. The minimum Gasteiger partial charge on any atom is -0.497 e. The van der Waals surface area contributed by atoms with E-state index in [1.165, 1.54) is 0 Å². The van der Waals surface area contributed by atoms with E-state index in [1.807, 2.05) is 11.9 Å². The van der Waals surface area contributed by atoms with E-state index in [-0.39, 0.29) is 18.6 Å². The zero-order valence-corrected chi connectivity index (χ0v) is 12.0. The first-order chi connectivity index (χ1) is 9.58. The lowest BCUT2D eigenvalue weighted by Gasteiger charge is -2.19. The zero-order valence-electron chi connectivity index (χ0n) is 12.0. The maximum Gasteiger partial charge on any atom is 0.238 e. The van der Waals surface area contributed by atoms with Crippen molar-refractivity contribution in [3.63, 3.8) is 0 Å². The normalized spacial score (nSPS) is 16.0. The minimum absolute atomic E-state index is 0.0827. The molecule has 0 radical (unpaired) electrons. The van der Waals surface area contributed by atoms with Gasteiger partial charge in [0.1, 0.15) is 5.75 Å². The Morgan fingerprint density at radius 3 is 2.65 bits per heavy atom. The van der Waals surface area contributed by atoms with Crippen molar-refractivity contribution in [2.45, 2.75) is 18.9 Å². The van der Waals surface area contributed by atoms with E-state index in [0.29, 0.717) is 12.5 Å². The second kappa shape index (κ2) is 6.72. The maximum absolute atomic E-state index is 11.9. The van der Waals surface area contributed by atoms with Crippen LogP contribution in [0.2, 0.25) is 0 Å². The molecule has 0 aromatic heterocycles. The molecule has 2 N–H and O–H groups in total. The number of hydrogen-bond donors (Lipinski definition) is 2. The Morgan fingerprint density at radius 2 is 2.10 bits per heavy atom. The number of nitrogens with zero attached hydrogens (tertiary/aromatic N) is 1. The predicted octanol–water partition coefficient (Wildman–Crippen LogP) is 1.34. The highest BCUT2D eigenvalue weighted by Gasteiger charge is 2.30. The van der Waals surface area contributed by atoms with Gasteiger partial charge in [0.25, 0.3) is 0 Å². The van der Waals surface area contributed by atoms with Crippen LogP contribution in [0.25, 0.3) is 0 Å². The molecule has 1 unspecified atom stereocenters. The van der Waals surface area contributed by atoms with Gasteiger partial charge in [-0.25, -0.2) is 0 Å². The van der Waals surface area contributed by atoms with Crippen LogP contribution in [0.15, 0.2) is 24.3 Å². The molecule has 1 saturated carbocycles. The summed E-state index contributed by atoms with van der Waals surface area (Å²) in [6.45, 7) is 0.816. The number of ether oxygens (including phenoxy) is 1. The van der Waals surface area contributed by atoms with Gasteiger partial charge in [-0.1, -0.05) is 0 Å². The summed E-state index contributed by atoms with van der Waals surface area (Å²) in [4.78, 5) is 13.7. The fourth-order valence-electron chi connectivity index (χ4n) is 2.13. The van der Waals surface area contributed by atoms with Crippen LogP contribution in [-0.2, 0) is 4.79 Å². The Hall–Kier alpha value is -1.59. The summed E-state index contributed by atoms with van der Waals surface area (Å²) < 4.78 is 5.06. The van der Waals surface area contributed by atoms with Gasteiger partial charge in [0, 0.05) is 12.2 Å². The second-order valence-corrected chi connectivity index (χ2v) is 5.38. The highest BCUT2D eigenvalue weighted by atomic mass is 16.5. The highest BCUT2D eigenvalue weighted by Crippen LogP contribution is 2.32. The molecule has 1 atom stereocenters. The van der Waals surface area contributed by atoms with Gasteiger partial charge in [0.15, 0.2) is 0 Å². The van der Waals surface area contributed by atoms with Crippen molar-refractivity contribution in [1.29, 1.82) is 0 Å². The molecule has 1 amide bonds. The summed E-state index contributed by atoms with van der Waals surface area (Å²) in [5.41, 5.74) is 0.743. The molecular formula is C15H22N2O3. The molecule has 2 rings (SSSR count). The van der Waals surface area contributed by atoms with Crippen molar-refractivity contribution in [2.24, 2.45) is 5.92 Å². The lowest BCUT2D eigenvalue weighted by atomic mass is 10.2. The largest absolute Gasteiger partial charge is 0.497 e. The molecule has 1 fully saturated rings. The summed E-state index contributed by atoms with van der Waals surface area (Å²) in [6, 6.07) is 7.21. The fraction of sp³-hybridized carbons (Fsp3) is 0.533. The number of carbonyl (C=O) groups excluding carboxylic acids is 1. The standard InChI is InChI=1S/C15H22N2O3/c1-17(9-14(18)11-3-4-11)10-15(19)16-12-5-7-13(20-2)8-6-12/h5-8,11,14,18H,3-4,9-10H2,1-2H3,(H,16,19). The van der Waals surface area contributed by atoms with E-state index in [9.17, 15) is 9.90 Å². The molecule has 1 aromatic rings. The monoisotopic (exact) mass is 278 g/mol. The molecular weight excluding hydrogens is 256 g/mol. The lowest BCUT2D eigenvalue weighted by molar-refractivity contribution is -0.117. The van der Waals surface area contributed by atoms with Crippen LogP contribution in [0, 0.1) is 5.92 Å². The SMILES string of the molecule is COc1ccc(NC(=O)CN(C)CC(O)C2CC2)cc1. The first-order valence-electron chi connectivity index (χ1n) is 6.89. The van der Waals surface area contributed by atoms with Gasteiger partial charge >= 0.3 is 0 Å². The molecule has 5 heteroatoms. The number of benzene rings is 1. The molecule has 0 spiro atoms. The number of rotatable bonds is 7. The summed E-state index contributed by atoms with van der Waals surface area (Å²) in [5.74, 6) is 1.11. The smallest absolute Gasteiger partial charge is 0.238 e. The molecule has 20 heavy (non-hydrogen) atoms. The van der Waals surface area contributed by atoms with Gasteiger partial charge in [-0.15, -0.1) is 0 Å². The van der Waals surface area contributed by atoms with Gasteiger partial charge in [0.2, 0.25) is 5.91 Å². The van der Waals surface area contributed by atoms with Gasteiger partial charge < -0.3 is 15.2 Å². The Bertz CT molecular complexity index is 443. The van der Waals surface area contributed by atoms with E-state index in [0.717, 1.165) is 24.3 Å². The van der Waals surface area contributed by atoms with Crippen LogP contribution in [0.3, 0.4) is 0 Å². The Labute approximate surface area is 119 Å². The van der Waals surface area contributed by atoms with Gasteiger partial charge in [0.05, 0.1) is 19.8 Å². The number of likely N-dealkylation sites (N-methyl/N-ethyl adjacent to an activating group) is 1. The number of anilines is 1. The van der Waals surface area contributed by atoms with Crippen LogP contribution in [0.1, 0.15) is 12.8 Å². The van der Waals surface area contributed by atoms with E-state index in [1.54, 1.807) is 31.4 Å². The van der Waals surface area contributed by atoms with Gasteiger partial charge in [-0.2, -0.15) is 0 Å². The lowest BCUT2D eigenvalue weighted by Crippen LogP contribution is -2.36. The first-order valence-corrected chi connectivity index (χ1v) is 6.89. The Morgan fingerprint density at radius 1 is 1.45 bits per heavy atom. The van der Waals surface area contributed by atoms with E-state index < -0.39 is 0 Å². The van der Waals surface area contributed by atoms with Gasteiger partial charge in [-0.05, 0) is 50.1 Å². The Balaban J connectivity index is 1.75. The zero-order chi connectivity index (χ0) is 14.5. The quantitative estimate of drug-likeness (QED) is 0.790. The number of nitrogens with one attached hydrogen (secondary N) is 1. The van der Waals surface area contributed by atoms with Crippen LogP contribution >= 0.6 is 0 Å². The maximum atomic E-state index is 11.9. The molecule has 0 saturated heterocycles. The number of aliphatic hydroxyl groups is 1.